The van der Waals surface area contributed by atoms with Crippen LogP contribution in [-0.2, 0) is 12.0 Å². The Morgan fingerprint density at radius 3 is 2.90 bits per heavy atom. The minimum Gasteiger partial charge on any atom is -0.302 e. The van der Waals surface area contributed by atoms with Crippen LogP contribution < -0.4 is 5.32 Å². The standard InChI is InChI=1S/C17H21FN2S/c1-4-19-17(16-20-15(10-21-16)11(2)3)8-7-12-9-13(18)5-6-14(12)17/h5-6,9-11,19H,4,7-8H2,1-3H3. The van der Waals surface area contributed by atoms with Gasteiger partial charge in [0.05, 0.1) is 11.2 Å². The molecular formula is C17H21FN2S. The zero-order valence-corrected chi connectivity index (χ0v) is 13.6. The van der Waals surface area contributed by atoms with E-state index in [1.165, 1.54) is 5.56 Å². The maximum atomic E-state index is 13.5. The molecule has 0 amide bonds. The molecule has 0 bridgehead atoms. The zero-order chi connectivity index (χ0) is 15.0. The van der Waals surface area contributed by atoms with Crippen LogP contribution in [0.2, 0.25) is 0 Å². The first-order valence-corrected chi connectivity index (χ1v) is 8.44. The number of halogens is 1. The fourth-order valence-corrected chi connectivity index (χ4v) is 4.37. The van der Waals surface area contributed by atoms with Crippen LogP contribution >= 0.6 is 11.3 Å². The smallest absolute Gasteiger partial charge is 0.123 e. The number of aromatic nitrogens is 1. The number of aryl methyl sites for hydroxylation is 1. The van der Waals surface area contributed by atoms with Gasteiger partial charge < -0.3 is 5.32 Å². The van der Waals surface area contributed by atoms with E-state index in [0.29, 0.717) is 5.92 Å². The summed E-state index contributed by atoms with van der Waals surface area (Å²) in [4.78, 5) is 4.87. The highest BCUT2D eigenvalue weighted by Crippen LogP contribution is 2.43. The lowest BCUT2D eigenvalue weighted by Crippen LogP contribution is -2.41. The van der Waals surface area contributed by atoms with Crippen molar-refractivity contribution < 1.29 is 4.39 Å². The van der Waals surface area contributed by atoms with E-state index in [4.69, 9.17) is 4.98 Å². The average molecular weight is 304 g/mol. The lowest BCUT2D eigenvalue weighted by Gasteiger charge is -2.29. The molecule has 1 aromatic heterocycles. The average Bonchev–Trinajstić information content (AvgIpc) is 3.05. The number of hydrogen-bond donors (Lipinski definition) is 1. The highest BCUT2D eigenvalue weighted by atomic mass is 32.1. The van der Waals surface area contributed by atoms with Crippen molar-refractivity contribution in [3.05, 3.63) is 51.2 Å². The van der Waals surface area contributed by atoms with Crippen molar-refractivity contribution in [2.24, 2.45) is 0 Å². The third-order valence-electron chi connectivity index (χ3n) is 4.25. The molecule has 1 aromatic carbocycles. The van der Waals surface area contributed by atoms with Crippen LogP contribution in [0.25, 0.3) is 0 Å². The predicted molar refractivity (Wildman–Crippen MR) is 85.4 cm³/mol. The lowest BCUT2D eigenvalue weighted by molar-refractivity contribution is 0.406. The molecule has 4 heteroatoms. The summed E-state index contributed by atoms with van der Waals surface area (Å²) >= 11 is 1.71. The Balaban J connectivity index is 2.10. The van der Waals surface area contributed by atoms with Crippen LogP contribution in [0.3, 0.4) is 0 Å². The number of rotatable bonds is 4. The topological polar surface area (TPSA) is 24.9 Å². The van der Waals surface area contributed by atoms with Crippen LogP contribution in [-0.4, -0.2) is 11.5 Å². The van der Waals surface area contributed by atoms with Gasteiger partial charge in [0, 0.05) is 5.38 Å². The van der Waals surface area contributed by atoms with Gasteiger partial charge in [-0.2, -0.15) is 0 Å². The maximum Gasteiger partial charge on any atom is 0.123 e. The van der Waals surface area contributed by atoms with Gasteiger partial charge in [-0.05, 0) is 48.6 Å². The largest absolute Gasteiger partial charge is 0.302 e. The zero-order valence-electron chi connectivity index (χ0n) is 12.7. The van der Waals surface area contributed by atoms with Crippen LogP contribution in [0.4, 0.5) is 4.39 Å². The van der Waals surface area contributed by atoms with Gasteiger partial charge in [0.25, 0.3) is 0 Å². The fraction of sp³-hybridized carbons (Fsp3) is 0.471. The number of hydrogen-bond acceptors (Lipinski definition) is 3. The Morgan fingerprint density at radius 1 is 1.43 bits per heavy atom. The molecule has 1 heterocycles. The molecule has 1 aliphatic rings. The minimum absolute atomic E-state index is 0.150. The van der Waals surface area contributed by atoms with Gasteiger partial charge in [0.1, 0.15) is 10.8 Å². The van der Waals surface area contributed by atoms with Crippen molar-refractivity contribution in [3.63, 3.8) is 0 Å². The molecule has 0 saturated heterocycles. The van der Waals surface area contributed by atoms with E-state index in [2.05, 4.69) is 31.5 Å². The second-order valence-corrected chi connectivity index (χ2v) is 6.83. The van der Waals surface area contributed by atoms with E-state index >= 15 is 0 Å². The lowest BCUT2D eigenvalue weighted by atomic mass is 9.92. The van der Waals surface area contributed by atoms with Gasteiger partial charge in [0.2, 0.25) is 0 Å². The van der Waals surface area contributed by atoms with Crippen LogP contribution in [0.15, 0.2) is 23.6 Å². The second-order valence-electron chi connectivity index (χ2n) is 5.97. The Hall–Kier alpha value is -1.26. The van der Waals surface area contributed by atoms with Gasteiger partial charge >= 0.3 is 0 Å². The monoisotopic (exact) mass is 304 g/mol. The summed E-state index contributed by atoms with van der Waals surface area (Å²) in [5.41, 5.74) is 3.20. The van der Waals surface area contributed by atoms with E-state index in [9.17, 15) is 4.39 Å². The molecule has 21 heavy (non-hydrogen) atoms. The van der Waals surface area contributed by atoms with Gasteiger partial charge in [-0.3, -0.25) is 0 Å². The third kappa shape index (κ3) is 2.40. The van der Waals surface area contributed by atoms with Crippen molar-refractivity contribution >= 4 is 11.3 Å². The number of thiazole rings is 1. The number of nitrogens with one attached hydrogen (secondary N) is 1. The molecule has 0 radical (unpaired) electrons. The fourth-order valence-electron chi connectivity index (χ4n) is 3.17. The Morgan fingerprint density at radius 2 is 2.24 bits per heavy atom. The van der Waals surface area contributed by atoms with Crippen molar-refractivity contribution in [1.82, 2.24) is 10.3 Å². The first-order valence-electron chi connectivity index (χ1n) is 7.56. The predicted octanol–water partition coefficient (Wildman–Crippen LogP) is 4.20. The third-order valence-corrected chi connectivity index (χ3v) is 5.28. The van der Waals surface area contributed by atoms with E-state index in [0.717, 1.165) is 35.7 Å². The molecule has 0 saturated carbocycles. The summed E-state index contributed by atoms with van der Waals surface area (Å²) in [5.74, 6) is 0.283. The Bertz CT molecular complexity index is 650. The number of nitrogens with zero attached hydrogens (tertiary/aromatic N) is 1. The van der Waals surface area contributed by atoms with Crippen molar-refractivity contribution in [1.29, 1.82) is 0 Å². The summed E-state index contributed by atoms with van der Waals surface area (Å²) in [6.07, 6.45) is 1.85. The maximum absolute atomic E-state index is 13.5. The van der Waals surface area contributed by atoms with E-state index in [-0.39, 0.29) is 11.4 Å². The second kappa shape index (κ2) is 5.50. The van der Waals surface area contributed by atoms with E-state index in [1.807, 2.05) is 6.07 Å². The summed E-state index contributed by atoms with van der Waals surface area (Å²) in [7, 11) is 0. The van der Waals surface area contributed by atoms with Crippen LogP contribution in [0.5, 0.6) is 0 Å². The molecule has 1 unspecified atom stereocenters. The van der Waals surface area contributed by atoms with Crippen molar-refractivity contribution in [2.75, 3.05) is 6.54 Å². The molecular weight excluding hydrogens is 283 g/mol. The van der Waals surface area contributed by atoms with Gasteiger partial charge in [-0.1, -0.05) is 26.8 Å². The minimum atomic E-state index is -0.240. The number of benzene rings is 1. The molecule has 2 nitrogen and oxygen atoms in total. The first-order chi connectivity index (χ1) is 10.1. The first kappa shape index (κ1) is 14.7. The quantitative estimate of drug-likeness (QED) is 0.915. The van der Waals surface area contributed by atoms with Gasteiger partial charge in [-0.25, -0.2) is 9.37 Å². The van der Waals surface area contributed by atoms with Crippen LogP contribution in [0, 0.1) is 5.82 Å². The molecule has 3 rings (SSSR count). The summed E-state index contributed by atoms with van der Waals surface area (Å²) in [6, 6.07) is 5.16. The molecule has 0 fully saturated rings. The Labute approximate surface area is 129 Å². The molecule has 1 N–H and O–H groups in total. The highest BCUT2D eigenvalue weighted by molar-refractivity contribution is 7.09. The van der Waals surface area contributed by atoms with Crippen molar-refractivity contribution in [2.45, 2.75) is 45.1 Å². The molecule has 1 atom stereocenters. The molecule has 2 aromatic rings. The molecule has 0 spiro atoms. The molecule has 1 aliphatic carbocycles. The number of fused-ring (bicyclic) bond motifs is 1. The SMILES string of the molecule is CCNC1(c2nc(C(C)C)cs2)CCc2cc(F)ccc21. The summed E-state index contributed by atoms with van der Waals surface area (Å²) < 4.78 is 13.5. The summed E-state index contributed by atoms with van der Waals surface area (Å²) in [5, 5.41) is 6.89. The molecule has 0 aliphatic heterocycles. The van der Waals surface area contributed by atoms with E-state index < -0.39 is 0 Å². The normalized spacial score (nSPS) is 21.0. The summed E-state index contributed by atoms with van der Waals surface area (Å²) in [6.45, 7) is 7.31. The highest BCUT2D eigenvalue weighted by Gasteiger charge is 2.42. The van der Waals surface area contributed by atoms with Gasteiger partial charge in [-0.15, -0.1) is 11.3 Å². The van der Waals surface area contributed by atoms with E-state index in [1.54, 1.807) is 23.5 Å². The van der Waals surface area contributed by atoms with Gasteiger partial charge in [0.15, 0.2) is 0 Å². The Kier molecular flexibility index (Phi) is 3.84. The molecule has 112 valence electrons. The van der Waals surface area contributed by atoms with Crippen LogP contribution in [0.1, 0.15) is 54.9 Å². The van der Waals surface area contributed by atoms with Crippen molar-refractivity contribution in [3.8, 4) is 0 Å².